The Bertz CT molecular complexity index is 1690. The zero-order valence-corrected chi connectivity index (χ0v) is 22.9. The van der Waals surface area contributed by atoms with E-state index in [1.807, 2.05) is 36.4 Å². The minimum absolute atomic E-state index is 0.0796. The number of hydrogen-bond acceptors (Lipinski definition) is 6. The number of carbonyl (C=O) groups is 2. The van der Waals surface area contributed by atoms with Crippen molar-refractivity contribution < 1.29 is 22.7 Å². The second kappa shape index (κ2) is 10.8. The standard InChI is InChI=1S/C28H29N3O5S2/c1-3-36-25(32)18-31-24-15-12-20-8-4-5-9-23(20)26(24)37-28(31)29-27(33)21-10-13-22(14-11-21)38(34,35)30-16-6-7-19(2)17-30/h4-5,8-15,19H,3,6-7,16-18H2,1-2H3. The molecule has 0 radical (unpaired) electrons. The van der Waals surface area contributed by atoms with E-state index in [0.29, 0.717) is 23.8 Å². The molecular formula is C28H29N3O5S2. The molecular weight excluding hydrogens is 522 g/mol. The highest BCUT2D eigenvalue weighted by Gasteiger charge is 2.28. The number of thiazole rings is 1. The summed E-state index contributed by atoms with van der Waals surface area (Å²) in [4.78, 5) is 30.4. The molecule has 3 aromatic carbocycles. The lowest BCUT2D eigenvalue weighted by atomic mass is 10.0. The smallest absolute Gasteiger partial charge is 0.326 e. The molecule has 1 saturated heterocycles. The maximum Gasteiger partial charge on any atom is 0.326 e. The van der Waals surface area contributed by atoms with Gasteiger partial charge in [0.15, 0.2) is 4.80 Å². The minimum atomic E-state index is -3.62. The van der Waals surface area contributed by atoms with Gasteiger partial charge in [-0.2, -0.15) is 9.30 Å². The number of amides is 1. The lowest BCUT2D eigenvalue weighted by Crippen LogP contribution is -2.39. The van der Waals surface area contributed by atoms with Crippen LogP contribution in [0, 0.1) is 5.92 Å². The Morgan fingerprint density at radius 3 is 2.58 bits per heavy atom. The van der Waals surface area contributed by atoms with Gasteiger partial charge < -0.3 is 9.30 Å². The normalized spacial score (nSPS) is 17.2. The molecule has 5 rings (SSSR count). The third-order valence-corrected chi connectivity index (χ3v) is 9.73. The number of ether oxygens (including phenoxy) is 1. The van der Waals surface area contributed by atoms with Crippen LogP contribution < -0.4 is 4.80 Å². The molecule has 1 aliphatic rings. The summed E-state index contributed by atoms with van der Waals surface area (Å²) < 4.78 is 35.4. The maximum atomic E-state index is 13.2. The quantitative estimate of drug-likeness (QED) is 0.327. The van der Waals surface area contributed by atoms with Gasteiger partial charge in [0.2, 0.25) is 10.0 Å². The largest absolute Gasteiger partial charge is 0.465 e. The number of nitrogens with zero attached hydrogens (tertiary/aromatic N) is 3. The number of aromatic nitrogens is 1. The molecule has 0 bridgehead atoms. The van der Waals surface area contributed by atoms with Crippen LogP contribution in [0.4, 0.5) is 0 Å². The highest BCUT2D eigenvalue weighted by molar-refractivity contribution is 7.89. The van der Waals surface area contributed by atoms with Gasteiger partial charge in [-0.15, -0.1) is 0 Å². The summed E-state index contributed by atoms with van der Waals surface area (Å²) in [5.74, 6) is -0.622. The third kappa shape index (κ3) is 5.16. The van der Waals surface area contributed by atoms with Crippen LogP contribution in [0.1, 0.15) is 37.0 Å². The Hall–Kier alpha value is -3.34. The van der Waals surface area contributed by atoms with Crippen LogP contribution in [-0.2, 0) is 26.1 Å². The lowest BCUT2D eigenvalue weighted by molar-refractivity contribution is -0.143. The molecule has 1 aromatic heterocycles. The molecule has 0 N–H and O–H groups in total. The van der Waals surface area contributed by atoms with Crippen molar-refractivity contribution >= 4 is 54.2 Å². The van der Waals surface area contributed by atoms with Gasteiger partial charge in [0.05, 0.1) is 21.7 Å². The molecule has 8 nitrogen and oxygen atoms in total. The van der Waals surface area contributed by atoms with Gasteiger partial charge >= 0.3 is 5.97 Å². The average molecular weight is 552 g/mol. The number of esters is 1. The maximum absolute atomic E-state index is 13.2. The first-order chi connectivity index (χ1) is 18.3. The van der Waals surface area contributed by atoms with E-state index in [2.05, 4.69) is 11.9 Å². The molecule has 1 amide bonds. The summed E-state index contributed by atoms with van der Waals surface area (Å²) in [6.07, 6.45) is 1.86. The van der Waals surface area contributed by atoms with Crippen LogP contribution in [0.3, 0.4) is 0 Å². The molecule has 2 heterocycles. The Kier molecular flexibility index (Phi) is 7.47. The van der Waals surface area contributed by atoms with Gasteiger partial charge in [0.25, 0.3) is 5.91 Å². The summed E-state index contributed by atoms with van der Waals surface area (Å²) in [7, 11) is -3.62. The summed E-state index contributed by atoms with van der Waals surface area (Å²) in [5.41, 5.74) is 1.05. The van der Waals surface area contributed by atoms with Crippen molar-refractivity contribution in [3.05, 3.63) is 71.0 Å². The molecule has 0 saturated carbocycles. The Morgan fingerprint density at radius 1 is 1.08 bits per heavy atom. The van der Waals surface area contributed by atoms with Crippen molar-refractivity contribution in [2.75, 3.05) is 19.7 Å². The molecule has 4 aromatic rings. The van der Waals surface area contributed by atoms with Crippen LogP contribution in [0.15, 0.2) is 70.6 Å². The number of sulfonamides is 1. The summed E-state index contributed by atoms with van der Waals surface area (Å²) in [6, 6.07) is 17.7. The molecule has 1 fully saturated rings. The van der Waals surface area contributed by atoms with Crippen LogP contribution >= 0.6 is 11.3 Å². The molecule has 1 aliphatic heterocycles. The predicted molar refractivity (Wildman–Crippen MR) is 147 cm³/mol. The molecule has 38 heavy (non-hydrogen) atoms. The van der Waals surface area contributed by atoms with Crippen molar-refractivity contribution in [3.8, 4) is 0 Å². The van der Waals surface area contributed by atoms with Gasteiger partial charge in [-0.3, -0.25) is 9.59 Å². The zero-order valence-electron chi connectivity index (χ0n) is 21.3. The fourth-order valence-corrected chi connectivity index (χ4v) is 7.57. The molecule has 1 atom stereocenters. The van der Waals surface area contributed by atoms with Crippen molar-refractivity contribution in [1.29, 1.82) is 0 Å². The van der Waals surface area contributed by atoms with E-state index in [9.17, 15) is 18.0 Å². The van der Waals surface area contributed by atoms with Crippen molar-refractivity contribution in [2.24, 2.45) is 10.9 Å². The van der Waals surface area contributed by atoms with Crippen molar-refractivity contribution in [2.45, 2.75) is 38.1 Å². The fourth-order valence-electron chi connectivity index (χ4n) is 4.81. The fraction of sp³-hybridized carbons (Fsp3) is 0.321. The van der Waals surface area contributed by atoms with E-state index in [1.54, 1.807) is 11.5 Å². The first kappa shape index (κ1) is 26.3. The number of rotatable bonds is 6. The predicted octanol–water partition coefficient (Wildman–Crippen LogP) is 4.58. The van der Waals surface area contributed by atoms with Gasteiger partial charge in [0.1, 0.15) is 6.54 Å². The van der Waals surface area contributed by atoms with Crippen LogP contribution in [-0.4, -0.2) is 48.9 Å². The highest BCUT2D eigenvalue weighted by Crippen LogP contribution is 2.28. The number of carbonyl (C=O) groups excluding carboxylic acids is 2. The number of fused-ring (bicyclic) bond motifs is 3. The second-order valence-electron chi connectivity index (χ2n) is 9.46. The molecule has 1 unspecified atom stereocenters. The summed E-state index contributed by atoms with van der Waals surface area (Å²) >= 11 is 1.33. The van der Waals surface area contributed by atoms with E-state index in [4.69, 9.17) is 4.74 Å². The number of benzene rings is 3. The third-order valence-electron chi connectivity index (χ3n) is 6.72. The van der Waals surface area contributed by atoms with E-state index in [1.165, 1.54) is 39.9 Å². The van der Waals surface area contributed by atoms with Crippen LogP contribution in [0.25, 0.3) is 21.0 Å². The number of hydrogen-bond donors (Lipinski definition) is 0. The SMILES string of the molecule is CCOC(=O)Cn1c(=NC(=O)c2ccc(S(=O)(=O)N3CCCC(C)C3)cc2)sc2c3ccccc3ccc21. The Labute approximate surface area is 225 Å². The first-order valence-corrected chi connectivity index (χ1v) is 14.9. The lowest BCUT2D eigenvalue weighted by Gasteiger charge is -2.30. The Morgan fingerprint density at radius 2 is 1.84 bits per heavy atom. The number of piperidine rings is 1. The topological polar surface area (TPSA) is 98.0 Å². The van der Waals surface area contributed by atoms with Crippen molar-refractivity contribution in [3.63, 3.8) is 0 Å². The van der Waals surface area contributed by atoms with Crippen molar-refractivity contribution in [1.82, 2.24) is 8.87 Å². The second-order valence-corrected chi connectivity index (χ2v) is 12.4. The molecule has 198 valence electrons. The van der Waals surface area contributed by atoms with Crippen LogP contribution in [0.2, 0.25) is 0 Å². The van der Waals surface area contributed by atoms with E-state index >= 15 is 0 Å². The molecule has 10 heteroatoms. The summed E-state index contributed by atoms with van der Waals surface area (Å²) in [6.45, 7) is 4.97. The Balaban J connectivity index is 1.51. The van der Waals surface area contributed by atoms with E-state index in [-0.39, 0.29) is 23.6 Å². The van der Waals surface area contributed by atoms with Gasteiger partial charge in [-0.05, 0) is 61.4 Å². The summed E-state index contributed by atoms with van der Waals surface area (Å²) in [5, 5.41) is 2.05. The molecule has 0 aliphatic carbocycles. The monoisotopic (exact) mass is 551 g/mol. The molecule has 0 spiro atoms. The van der Waals surface area contributed by atoms with E-state index in [0.717, 1.165) is 33.8 Å². The van der Waals surface area contributed by atoms with Gasteiger partial charge in [-0.25, -0.2) is 8.42 Å². The van der Waals surface area contributed by atoms with E-state index < -0.39 is 21.9 Å². The highest BCUT2D eigenvalue weighted by atomic mass is 32.2. The average Bonchev–Trinajstić information content (AvgIpc) is 3.25. The van der Waals surface area contributed by atoms with Crippen LogP contribution in [0.5, 0.6) is 0 Å². The first-order valence-electron chi connectivity index (χ1n) is 12.6. The zero-order chi connectivity index (χ0) is 26.9. The van der Waals surface area contributed by atoms with Gasteiger partial charge in [-0.1, -0.05) is 48.6 Å². The van der Waals surface area contributed by atoms with Gasteiger partial charge in [0, 0.05) is 24.0 Å². The minimum Gasteiger partial charge on any atom is -0.465 e.